The summed E-state index contributed by atoms with van der Waals surface area (Å²) in [6.07, 6.45) is 5.54. The van der Waals surface area contributed by atoms with Crippen molar-refractivity contribution in [3.63, 3.8) is 0 Å². The van der Waals surface area contributed by atoms with E-state index in [9.17, 15) is 0 Å². The molecular weight excluding hydrogens is 206 g/mol. The molecule has 1 atom stereocenters. The maximum absolute atomic E-state index is 5.74. The third kappa shape index (κ3) is 1.84. The molecule has 0 spiro atoms. The van der Waals surface area contributed by atoms with Gasteiger partial charge in [-0.25, -0.2) is 0 Å². The highest BCUT2D eigenvalue weighted by Crippen LogP contribution is 2.35. The van der Waals surface area contributed by atoms with Gasteiger partial charge in [-0.3, -0.25) is 0 Å². The summed E-state index contributed by atoms with van der Waals surface area (Å²) in [6.45, 7) is 0. The van der Waals surface area contributed by atoms with Crippen molar-refractivity contribution < 1.29 is 0 Å². The van der Waals surface area contributed by atoms with Crippen molar-refractivity contribution in [2.45, 2.75) is 12.3 Å². The zero-order chi connectivity index (χ0) is 11.7. The van der Waals surface area contributed by atoms with Gasteiger partial charge in [-0.1, -0.05) is 48.6 Å². The molecule has 1 aliphatic carbocycles. The zero-order valence-corrected chi connectivity index (χ0v) is 9.64. The van der Waals surface area contributed by atoms with Crippen LogP contribution in [0.25, 0.3) is 6.08 Å². The Morgan fingerprint density at radius 1 is 0.941 bits per heavy atom. The molecule has 17 heavy (non-hydrogen) atoms. The SMILES string of the molecule is Nc1ccc(C2CC=Cc3ccccc32)cc1. The molecule has 2 aromatic carbocycles. The molecule has 2 N–H and O–H groups in total. The molecule has 0 radical (unpaired) electrons. The minimum absolute atomic E-state index is 0.469. The fourth-order valence-corrected chi connectivity index (χ4v) is 2.48. The van der Waals surface area contributed by atoms with E-state index in [0.29, 0.717) is 5.92 Å². The summed E-state index contributed by atoms with van der Waals surface area (Å²) in [5.74, 6) is 0.469. The van der Waals surface area contributed by atoms with Gasteiger partial charge in [-0.15, -0.1) is 0 Å². The van der Waals surface area contributed by atoms with Crippen molar-refractivity contribution in [1.82, 2.24) is 0 Å². The Kier molecular flexibility index (Phi) is 2.45. The number of hydrogen-bond acceptors (Lipinski definition) is 1. The first-order valence-corrected chi connectivity index (χ1v) is 5.95. The van der Waals surface area contributed by atoms with E-state index in [0.717, 1.165) is 12.1 Å². The highest BCUT2D eigenvalue weighted by molar-refractivity contribution is 5.60. The lowest BCUT2D eigenvalue weighted by atomic mass is 9.82. The minimum Gasteiger partial charge on any atom is -0.399 e. The van der Waals surface area contributed by atoms with E-state index in [2.05, 4.69) is 48.6 Å². The molecular formula is C16H15N. The first-order valence-electron chi connectivity index (χ1n) is 5.95. The second-order valence-electron chi connectivity index (χ2n) is 4.49. The fourth-order valence-electron chi connectivity index (χ4n) is 2.48. The number of nitrogens with two attached hydrogens (primary N) is 1. The van der Waals surface area contributed by atoms with Crippen LogP contribution >= 0.6 is 0 Å². The molecule has 0 amide bonds. The standard InChI is InChI=1S/C16H15N/c17-14-10-8-13(9-11-14)16-7-3-5-12-4-1-2-6-15(12)16/h1-6,8-11,16H,7,17H2. The van der Waals surface area contributed by atoms with Crippen LogP contribution in [0.4, 0.5) is 5.69 Å². The van der Waals surface area contributed by atoms with E-state index < -0.39 is 0 Å². The summed E-state index contributed by atoms with van der Waals surface area (Å²) < 4.78 is 0. The van der Waals surface area contributed by atoms with Crippen molar-refractivity contribution in [2.24, 2.45) is 0 Å². The Hall–Kier alpha value is -2.02. The van der Waals surface area contributed by atoms with Gasteiger partial charge >= 0.3 is 0 Å². The molecule has 0 fully saturated rings. The molecule has 1 heteroatoms. The molecule has 0 aliphatic heterocycles. The zero-order valence-electron chi connectivity index (χ0n) is 9.64. The van der Waals surface area contributed by atoms with Crippen molar-refractivity contribution >= 4 is 11.8 Å². The molecule has 0 aromatic heterocycles. The summed E-state index contributed by atoms with van der Waals surface area (Å²) in [7, 11) is 0. The number of nitrogen functional groups attached to an aromatic ring is 1. The van der Waals surface area contributed by atoms with Crippen LogP contribution < -0.4 is 5.73 Å². The topological polar surface area (TPSA) is 26.0 Å². The highest BCUT2D eigenvalue weighted by atomic mass is 14.5. The smallest absolute Gasteiger partial charge is 0.0314 e. The van der Waals surface area contributed by atoms with Crippen LogP contribution in [0.3, 0.4) is 0 Å². The van der Waals surface area contributed by atoms with Crippen molar-refractivity contribution in [1.29, 1.82) is 0 Å². The maximum Gasteiger partial charge on any atom is 0.0314 e. The van der Waals surface area contributed by atoms with Crippen LogP contribution in [0, 0.1) is 0 Å². The molecule has 0 heterocycles. The average molecular weight is 221 g/mol. The predicted octanol–water partition coefficient (Wildman–Crippen LogP) is 3.82. The molecule has 0 saturated carbocycles. The Balaban J connectivity index is 2.05. The summed E-state index contributed by atoms with van der Waals surface area (Å²) in [4.78, 5) is 0. The predicted molar refractivity (Wildman–Crippen MR) is 72.8 cm³/mol. The third-order valence-electron chi connectivity index (χ3n) is 3.38. The second-order valence-corrected chi connectivity index (χ2v) is 4.49. The van der Waals surface area contributed by atoms with Crippen LogP contribution in [0.5, 0.6) is 0 Å². The maximum atomic E-state index is 5.74. The van der Waals surface area contributed by atoms with Crippen molar-refractivity contribution in [2.75, 3.05) is 5.73 Å². The normalized spacial score (nSPS) is 17.8. The lowest BCUT2D eigenvalue weighted by Gasteiger charge is -2.22. The molecule has 3 rings (SSSR count). The number of fused-ring (bicyclic) bond motifs is 1. The fraction of sp³-hybridized carbons (Fsp3) is 0.125. The monoisotopic (exact) mass is 221 g/mol. The first kappa shape index (κ1) is 10.2. The van der Waals surface area contributed by atoms with E-state index >= 15 is 0 Å². The van der Waals surface area contributed by atoms with E-state index in [1.165, 1.54) is 16.7 Å². The Morgan fingerprint density at radius 2 is 1.71 bits per heavy atom. The summed E-state index contributed by atoms with van der Waals surface area (Å²) in [5.41, 5.74) is 10.7. The molecule has 84 valence electrons. The number of benzene rings is 2. The number of allylic oxidation sites excluding steroid dienone is 1. The average Bonchev–Trinajstić information content (AvgIpc) is 2.39. The number of anilines is 1. The van der Waals surface area contributed by atoms with Gasteiger partial charge in [0.05, 0.1) is 0 Å². The summed E-state index contributed by atoms with van der Waals surface area (Å²) >= 11 is 0. The van der Waals surface area contributed by atoms with E-state index in [4.69, 9.17) is 5.73 Å². The third-order valence-corrected chi connectivity index (χ3v) is 3.38. The number of hydrogen-bond donors (Lipinski definition) is 1. The summed E-state index contributed by atoms with van der Waals surface area (Å²) in [6, 6.07) is 16.8. The largest absolute Gasteiger partial charge is 0.399 e. The van der Waals surface area contributed by atoms with Gasteiger partial charge in [-0.05, 0) is 35.2 Å². The van der Waals surface area contributed by atoms with Gasteiger partial charge in [0.2, 0.25) is 0 Å². The molecule has 1 unspecified atom stereocenters. The van der Waals surface area contributed by atoms with Crippen LogP contribution in [0.1, 0.15) is 29.0 Å². The van der Waals surface area contributed by atoms with Gasteiger partial charge in [0.15, 0.2) is 0 Å². The van der Waals surface area contributed by atoms with Gasteiger partial charge in [0, 0.05) is 11.6 Å². The van der Waals surface area contributed by atoms with Crippen molar-refractivity contribution in [3.05, 3.63) is 71.3 Å². The minimum atomic E-state index is 0.469. The van der Waals surface area contributed by atoms with E-state index in [-0.39, 0.29) is 0 Å². The lowest BCUT2D eigenvalue weighted by Crippen LogP contribution is -2.05. The Labute approximate surface area is 102 Å². The molecule has 2 aromatic rings. The van der Waals surface area contributed by atoms with E-state index in [1.54, 1.807) is 0 Å². The van der Waals surface area contributed by atoms with E-state index in [1.807, 2.05) is 12.1 Å². The Bertz CT molecular complexity index is 552. The lowest BCUT2D eigenvalue weighted by molar-refractivity contribution is 0.819. The highest BCUT2D eigenvalue weighted by Gasteiger charge is 2.17. The summed E-state index contributed by atoms with van der Waals surface area (Å²) in [5, 5.41) is 0. The van der Waals surface area contributed by atoms with Crippen molar-refractivity contribution in [3.8, 4) is 0 Å². The van der Waals surface area contributed by atoms with Crippen LogP contribution in [-0.2, 0) is 0 Å². The first-order chi connectivity index (χ1) is 8.34. The van der Waals surface area contributed by atoms with Gasteiger partial charge in [0.25, 0.3) is 0 Å². The van der Waals surface area contributed by atoms with Gasteiger partial charge in [0.1, 0.15) is 0 Å². The second kappa shape index (κ2) is 4.10. The molecule has 1 aliphatic rings. The quantitative estimate of drug-likeness (QED) is 0.728. The Morgan fingerprint density at radius 3 is 2.53 bits per heavy atom. The van der Waals surface area contributed by atoms with Gasteiger partial charge < -0.3 is 5.73 Å². The van der Waals surface area contributed by atoms with Crippen LogP contribution in [-0.4, -0.2) is 0 Å². The molecule has 1 nitrogen and oxygen atoms in total. The van der Waals surface area contributed by atoms with Gasteiger partial charge in [-0.2, -0.15) is 0 Å². The van der Waals surface area contributed by atoms with Crippen LogP contribution in [0.2, 0.25) is 0 Å². The molecule has 0 saturated heterocycles. The number of rotatable bonds is 1. The molecule has 0 bridgehead atoms. The van der Waals surface area contributed by atoms with Crippen LogP contribution in [0.15, 0.2) is 54.6 Å².